The lowest BCUT2D eigenvalue weighted by Crippen LogP contribution is -2.74. The van der Waals surface area contributed by atoms with Crippen LogP contribution in [0.15, 0.2) is 231 Å². The molecule has 0 fully saturated rings. The van der Waals surface area contributed by atoms with Crippen molar-refractivity contribution >= 4 is 72.4 Å². The van der Waals surface area contributed by atoms with E-state index in [1.54, 1.807) is 0 Å². The van der Waals surface area contributed by atoms with Crippen LogP contribution in [0.25, 0.3) is 66.1 Å². The van der Waals surface area contributed by atoms with Gasteiger partial charge in [-0.05, 0) is 86.5 Å². The highest BCUT2D eigenvalue weighted by Gasteiger charge is 2.41. The van der Waals surface area contributed by atoms with E-state index in [0.29, 0.717) is 0 Å². The Morgan fingerprint density at radius 1 is 0.246 bits per heavy atom. The van der Waals surface area contributed by atoms with Crippen LogP contribution in [0.3, 0.4) is 0 Å². The zero-order valence-electron chi connectivity index (χ0n) is 31.3. The molecule has 0 saturated heterocycles. The molecular formula is C54H38N2Si. The zero-order valence-corrected chi connectivity index (χ0v) is 32.3. The topological polar surface area (TPSA) is 9.86 Å². The first-order valence-corrected chi connectivity index (χ1v) is 21.7. The Balaban J connectivity index is 1.10. The van der Waals surface area contributed by atoms with Gasteiger partial charge in [-0.25, -0.2) is 0 Å². The second-order valence-corrected chi connectivity index (χ2v) is 18.7. The van der Waals surface area contributed by atoms with Crippen molar-refractivity contribution in [3.8, 4) is 22.5 Å². The van der Waals surface area contributed by atoms with Gasteiger partial charge >= 0.3 is 0 Å². The number of nitrogens with zero attached hydrogens (tertiary/aromatic N) is 2. The van der Waals surface area contributed by atoms with E-state index in [4.69, 9.17) is 0 Å². The van der Waals surface area contributed by atoms with E-state index in [9.17, 15) is 0 Å². The minimum absolute atomic E-state index is 1.16. The molecule has 2 nitrogen and oxygen atoms in total. The lowest BCUT2D eigenvalue weighted by molar-refractivity contribution is 1.17. The Hall–Kier alpha value is -7.20. The van der Waals surface area contributed by atoms with E-state index in [0.717, 1.165) is 5.69 Å². The molecule has 0 N–H and O–H groups in total. The number of fused-ring (bicyclic) bond motifs is 6. The molecule has 0 spiro atoms. The van der Waals surface area contributed by atoms with Crippen molar-refractivity contribution in [3.63, 3.8) is 0 Å². The molecule has 57 heavy (non-hydrogen) atoms. The van der Waals surface area contributed by atoms with Gasteiger partial charge in [0.2, 0.25) is 0 Å². The highest BCUT2D eigenvalue weighted by Crippen LogP contribution is 2.38. The van der Waals surface area contributed by atoms with Gasteiger partial charge in [0.05, 0.1) is 22.1 Å². The third-order valence-electron chi connectivity index (χ3n) is 11.9. The van der Waals surface area contributed by atoms with E-state index in [1.165, 1.54) is 81.2 Å². The number of rotatable bonds is 7. The maximum Gasteiger partial charge on any atom is 0.179 e. The van der Waals surface area contributed by atoms with E-state index >= 15 is 0 Å². The van der Waals surface area contributed by atoms with Gasteiger partial charge in [-0.2, -0.15) is 0 Å². The Morgan fingerprint density at radius 3 is 1.25 bits per heavy atom. The summed E-state index contributed by atoms with van der Waals surface area (Å²) in [5, 5.41) is 10.5. The van der Waals surface area contributed by atoms with Crippen LogP contribution in [0.5, 0.6) is 0 Å². The van der Waals surface area contributed by atoms with E-state index < -0.39 is 8.07 Å². The molecule has 0 aliphatic carbocycles. The monoisotopic (exact) mass is 742 g/mol. The highest BCUT2D eigenvalue weighted by atomic mass is 28.3. The van der Waals surface area contributed by atoms with Crippen LogP contribution >= 0.6 is 0 Å². The molecule has 0 unspecified atom stereocenters. The fraction of sp³-hybridized carbons (Fsp3) is 0. The Kier molecular flexibility index (Phi) is 7.87. The van der Waals surface area contributed by atoms with Gasteiger partial charge in [0.25, 0.3) is 0 Å². The molecule has 0 aliphatic heterocycles. The summed E-state index contributed by atoms with van der Waals surface area (Å²) >= 11 is 0. The minimum Gasteiger partial charge on any atom is -0.309 e. The fourth-order valence-electron chi connectivity index (χ4n) is 9.38. The van der Waals surface area contributed by atoms with Crippen molar-refractivity contribution in [2.75, 3.05) is 0 Å². The molecule has 0 aliphatic rings. The summed E-state index contributed by atoms with van der Waals surface area (Å²) in [6.45, 7) is 0. The smallest absolute Gasteiger partial charge is 0.179 e. The van der Waals surface area contributed by atoms with Crippen LogP contribution in [0, 0.1) is 0 Å². The van der Waals surface area contributed by atoms with Gasteiger partial charge in [-0.15, -0.1) is 0 Å². The average Bonchev–Trinajstić information content (AvgIpc) is 3.80. The molecule has 0 bridgehead atoms. The standard InChI is InChI=1S/C54H38N2Si/c1-5-19-41(20-6-1)55-51-30-15-14-29-48(51)50-38-42(33-35-54(50)55)56-52-31-16-13-28-47(52)49-37-40(32-34-53(49)56)39-18-17-27-46(36-39)57(43-21-7-2-8-22-43,44-23-9-3-10-24-44)45-25-11-4-12-26-45/h1-38H. The number of benzene rings is 9. The molecule has 0 saturated carbocycles. The number of hydrogen-bond donors (Lipinski definition) is 0. The van der Waals surface area contributed by atoms with Crippen LogP contribution in [0.1, 0.15) is 0 Å². The molecule has 9 aromatic carbocycles. The van der Waals surface area contributed by atoms with E-state index in [-0.39, 0.29) is 0 Å². The number of aromatic nitrogens is 2. The van der Waals surface area contributed by atoms with Crippen molar-refractivity contribution in [1.82, 2.24) is 9.13 Å². The van der Waals surface area contributed by atoms with Crippen molar-refractivity contribution in [2.24, 2.45) is 0 Å². The molecule has 3 heteroatoms. The average molecular weight is 743 g/mol. The minimum atomic E-state index is -2.67. The van der Waals surface area contributed by atoms with Crippen molar-refractivity contribution in [3.05, 3.63) is 231 Å². The second kappa shape index (κ2) is 13.5. The van der Waals surface area contributed by atoms with Crippen molar-refractivity contribution in [2.45, 2.75) is 0 Å². The predicted molar refractivity (Wildman–Crippen MR) is 244 cm³/mol. The summed E-state index contributed by atoms with van der Waals surface area (Å²) in [4.78, 5) is 0. The van der Waals surface area contributed by atoms with Gasteiger partial charge in [0.1, 0.15) is 0 Å². The first-order chi connectivity index (χ1) is 28.3. The summed E-state index contributed by atoms with van der Waals surface area (Å²) in [6, 6.07) is 85.1. The first-order valence-electron chi connectivity index (χ1n) is 19.7. The molecular weight excluding hydrogens is 705 g/mol. The number of para-hydroxylation sites is 3. The van der Waals surface area contributed by atoms with Gasteiger partial charge < -0.3 is 9.13 Å². The van der Waals surface area contributed by atoms with Crippen molar-refractivity contribution < 1.29 is 0 Å². The van der Waals surface area contributed by atoms with Gasteiger partial charge in [0.15, 0.2) is 8.07 Å². The first kappa shape index (κ1) is 33.2. The fourth-order valence-corrected chi connectivity index (χ4v) is 14.2. The van der Waals surface area contributed by atoms with Gasteiger partial charge in [-0.3, -0.25) is 0 Å². The largest absolute Gasteiger partial charge is 0.309 e. The normalized spacial score (nSPS) is 11.9. The van der Waals surface area contributed by atoms with Gasteiger partial charge in [-0.1, -0.05) is 176 Å². The summed E-state index contributed by atoms with van der Waals surface area (Å²) < 4.78 is 4.82. The zero-order chi connectivity index (χ0) is 37.8. The summed E-state index contributed by atoms with van der Waals surface area (Å²) in [5.74, 6) is 0. The lowest BCUT2D eigenvalue weighted by atomic mass is 10.0. The Labute approximate surface area is 333 Å². The van der Waals surface area contributed by atoms with Crippen LogP contribution in [0.4, 0.5) is 0 Å². The molecule has 11 rings (SSSR count). The third-order valence-corrected chi connectivity index (χ3v) is 16.6. The molecule has 2 aromatic heterocycles. The van der Waals surface area contributed by atoms with Crippen LogP contribution in [-0.4, -0.2) is 17.2 Å². The second-order valence-electron chi connectivity index (χ2n) is 14.9. The molecule has 268 valence electrons. The lowest BCUT2D eigenvalue weighted by Gasteiger charge is -2.34. The highest BCUT2D eigenvalue weighted by molar-refractivity contribution is 7.19. The van der Waals surface area contributed by atoms with E-state index in [1.807, 2.05) is 0 Å². The van der Waals surface area contributed by atoms with Gasteiger partial charge in [0, 0.05) is 32.9 Å². The van der Waals surface area contributed by atoms with Crippen LogP contribution < -0.4 is 20.7 Å². The van der Waals surface area contributed by atoms with Crippen LogP contribution in [0.2, 0.25) is 0 Å². The molecule has 11 aromatic rings. The summed E-state index contributed by atoms with van der Waals surface area (Å²) in [5.41, 5.74) is 9.58. The predicted octanol–water partition coefficient (Wildman–Crippen LogP) is 10.9. The molecule has 0 amide bonds. The molecule has 0 radical (unpaired) electrons. The summed E-state index contributed by atoms with van der Waals surface area (Å²) in [6.07, 6.45) is 0. The van der Waals surface area contributed by atoms with Crippen LogP contribution in [-0.2, 0) is 0 Å². The maximum absolute atomic E-state index is 2.67. The van der Waals surface area contributed by atoms with Crippen molar-refractivity contribution in [1.29, 1.82) is 0 Å². The third kappa shape index (κ3) is 5.24. The van der Waals surface area contributed by atoms with E-state index in [2.05, 4.69) is 240 Å². The molecule has 0 atom stereocenters. The Morgan fingerprint density at radius 2 is 0.667 bits per heavy atom. The Bertz CT molecular complexity index is 3120. The molecule has 2 heterocycles. The quantitative estimate of drug-likeness (QED) is 0.114. The maximum atomic E-state index is 2.47. The summed E-state index contributed by atoms with van der Waals surface area (Å²) in [7, 11) is -2.67. The number of hydrogen-bond acceptors (Lipinski definition) is 0. The SMILES string of the molecule is c1ccc(-n2c3ccccc3c3cc(-n4c5ccccc5c5cc(-c6cccc([Si](c7ccccc7)(c7ccccc7)c7ccccc7)c6)ccc54)ccc32)cc1.